The molecule has 0 aliphatic carbocycles. The number of nitrogen functional groups attached to an aromatic ring is 1. The van der Waals surface area contributed by atoms with Gasteiger partial charge in [0.2, 0.25) is 0 Å². The van der Waals surface area contributed by atoms with Gasteiger partial charge in [0, 0.05) is 24.9 Å². The Morgan fingerprint density at radius 1 is 1.47 bits per heavy atom. The normalized spacial score (nSPS) is 10.8. The third-order valence-electron chi connectivity index (χ3n) is 3.05. The molecule has 19 heavy (non-hydrogen) atoms. The van der Waals surface area contributed by atoms with Gasteiger partial charge in [0.1, 0.15) is 11.7 Å². The zero-order valence-corrected chi connectivity index (χ0v) is 12.2. The molecule has 1 heterocycles. The molecule has 106 valence electrons. The van der Waals surface area contributed by atoms with E-state index in [0.717, 1.165) is 17.1 Å². The second kappa shape index (κ2) is 6.52. The van der Waals surface area contributed by atoms with Gasteiger partial charge in [-0.25, -0.2) is 4.98 Å². The number of nitrogens with two attached hydrogens (primary N) is 1. The fourth-order valence-corrected chi connectivity index (χ4v) is 2.21. The summed E-state index contributed by atoms with van der Waals surface area (Å²) in [4.78, 5) is 6.64. The average molecular weight is 264 g/mol. The lowest BCUT2D eigenvalue weighted by atomic mass is 10.1. The summed E-state index contributed by atoms with van der Waals surface area (Å²) in [5.41, 5.74) is 8.26. The molecule has 0 saturated carbocycles. The van der Waals surface area contributed by atoms with Crippen LogP contribution in [0.5, 0.6) is 0 Å². The molecule has 1 rings (SSSR count). The van der Waals surface area contributed by atoms with Crippen molar-refractivity contribution < 1.29 is 5.11 Å². The molecule has 5 nitrogen and oxygen atoms in total. The number of amidine groups is 1. The molecule has 0 radical (unpaired) electrons. The highest BCUT2D eigenvalue weighted by Gasteiger charge is 2.19. The van der Waals surface area contributed by atoms with E-state index < -0.39 is 0 Å². The SMILES string of the molecule is Cc1cc(C)c(C(=N)N)c(N(CCCO)C(C)C)n1. The molecule has 4 N–H and O–H groups in total. The first-order valence-electron chi connectivity index (χ1n) is 6.58. The Hall–Kier alpha value is -1.62. The van der Waals surface area contributed by atoms with Gasteiger partial charge in [-0.15, -0.1) is 0 Å². The summed E-state index contributed by atoms with van der Waals surface area (Å²) in [6, 6.07) is 2.17. The molecule has 0 saturated heterocycles. The van der Waals surface area contributed by atoms with Gasteiger partial charge in [0.05, 0.1) is 5.56 Å². The van der Waals surface area contributed by atoms with Crippen molar-refractivity contribution in [1.82, 2.24) is 4.98 Å². The highest BCUT2D eigenvalue weighted by Crippen LogP contribution is 2.24. The third-order valence-corrected chi connectivity index (χ3v) is 3.05. The molecule has 0 spiro atoms. The molecule has 0 atom stereocenters. The predicted molar refractivity (Wildman–Crippen MR) is 78.9 cm³/mol. The Kier molecular flexibility index (Phi) is 5.30. The fourth-order valence-electron chi connectivity index (χ4n) is 2.21. The molecule has 0 fully saturated rings. The molecule has 0 aliphatic heterocycles. The standard InChI is InChI=1S/C14H24N4O/c1-9(2)18(6-5-7-19)14-12(13(15)16)10(3)8-11(4)17-14/h8-9,19H,5-7H2,1-4H3,(H3,15,16). The van der Waals surface area contributed by atoms with Crippen LogP contribution in [0.15, 0.2) is 6.07 Å². The molecular weight excluding hydrogens is 240 g/mol. The maximum absolute atomic E-state index is 9.02. The van der Waals surface area contributed by atoms with Gasteiger partial charge in [0.25, 0.3) is 0 Å². The summed E-state index contributed by atoms with van der Waals surface area (Å²) in [6.45, 7) is 8.86. The fraction of sp³-hybridized carbons (Fsp3) is 0.571. The van der Waals surface area contributed by atoms with E-state index >= 15 is 0 Å². The first-order valence-corrected chi connectivity index (χ1v) is 6.58. The number of aliphatic hydroxyl groups excluding tert-OH is 1. The van der Waals surface area contributed by atoms with Gasteiger partial charge >= 0.3 is 0 Å². The maximum Gasteiger partial charge on any atom is 0.140 e. The Balaban J connectivity index is 3.31. The number of hydrogen-bond acceptors (Lipinski definition) is 4. The lowest BCUT2D eigenvalue weighted by Gasteiger charge is -2.30. The summed E-state index contributed by atoms with van der Waals surface area (Å²) >= 11 is 0. The van der Waals surface area contributed by atoms with Crippen LogP contribution in [0.1, 0.15) is 37.1 Å². The van der Waals surface area contributed by atoms with Gasteiger partial charge in [0.15, 0.2) is 0 Å². The van der Waals surface area contributed by atoms with Gasteiger partial charge in [-0.1, -0.05) is 0 Å². The Morgan fingerprint density at radius 3 is 2.58 bits per heavy atom. The van der Waals surface area contributed by atoms with E-state index in [2.05, 4.69) is 23.7 Å². The third kappa shape index (κ3) is 3.67. The highest BCUT2D eigenvalue weighted by molar-refractivity contribution is 6.01. The number of rotatable bonds is 6. The number of aryl methyl sites for hydroxylation is 2. The van der Waals surface area contributed by atoms with Crippen molar-refractivity contribution >= 4 is 11.7 Å². The molecule has 0 unspecified atom stereocenters. The van der Waals surface area contributed by atoms with Gasteiger partial charge < -0.3 is 15.7 Å². The zero-order valence-electron chi connectivity index (χ0n) is 12.2. The highest BCUT2D eigenvalue weighted by atomic mass is 16.3. The van der Waals surface area contributed by atoms with Crippen molar-refractivity contribution in [2.75, 3.05) is 18.1 Å². The molecule has 1 aromatic rings. The van der Waals surface area contributed by atoms with Gasteiger partial charge in [-0.05, 0) is 45.7 Å². The van der Waals surface area contributed by atoms with Crippen LogP contribution in [-0.2, 0) is 0 Å². The van der Waals surface area contributed by atoms with Crippen LogP contribution < -0.4 is 10.6 Å². The van der Waals surface area contributed by atoms with Crippen LogP contribution in [0.3, 0.4) is 0 Å². The van der Waals surface area contributed by atoms with Crippen molar-refractivity contribution in [3.05, 3.63) is 22.9 Å². The molecule has 1 aromatic heterocycles. The van der Waals surface area contributed by atoms with Crippen molar-refractivity contribution in [3.8, 4) is 0 Å². The van der Waals surface area contributed by atoms with Gasteiger partial charge in [-0.3, -0.25) is 5.41 Å². The van der Waals surface area contributed by atoms with Crippen LogP contribution in [0.4, 0.5) is 5.82 Å². The summed E-state index contributed by atoms with van der Waals surface area (Å²) < 4.78 is 0. The van der Waals surface area contributed by atoms with E-state index in [4.69, 9.17) is 16.2 Å². The van der Waals surface area contributed by atoms with Crippen molar-refractivity contribution in [2.45, 2.75) is 40.2 Å². The Labute approximate surface area is 115 Å². The summed E-state index contributed by atoms with van der Waals surface area (Å²) in [7, 11) is 0. The van der Waals surface area contributed by atoms with Crippen molar-refractivity contribution in [1.29, 1.82) is 5.41 Å². The Morgan fingerprint density at radius 2 is 2.11 bits per heavy atom. The Bertz CT molecular complexity index is 457. The first-order chi connectivity index (χ1) is 8.88. The summed E-state index contributed by atoms with van der Waals surface area (Å²) in [6.07, 6.45) is 0.671. The van der Waals surface area contributed by atoms with Crippen LogP contribution in [0.2, 0.25) is 0 Å². The number of aliphatic hydroxyl groups is 1. The lowest BCUT2D eigenvalue weighted by Crippen LogP contribution is -2.35. The van der Waals surface area contributed by atoms with E-state index in [1.165, 1.54) is 0 Å². The number of nitrogens with one attached hydrogen (secondary N) is 1. The van der Waals surface area contributed by atoms with E-state index in [1.807, 2.05) is 19.9 Å². The minimum Gasteiger partial charge on any atom is -0.396 e. The number of aromatic nitrogens is 1. The monoisotopic (exact) mass is 264 g/mol. The lowest BCUT2D eigenvalue weighted by molar-refractivity contribution is 0.288. The van der Waals surface area contributed by atoms with Crippen LogP contribution >= 0.6 is 0 Å². The number of anilines is 1. The predicted octanol–water partition coefficient (Wildman–Crippen LogP) is 1.58. The molecule has 0 aliphatic rings. The quantitative estimate of drug-likeness (QED) is 0.538. The summed E-state index contributed by atoms with van der Waals surface area (Å²) in [5.74, 6) is 0.781. The smallest absolute Gasteiger partial charge is 0.140 e. The second-order valence-corrected chi connectivity index (χ2v) is 5.06. The van der Waals surface area contributed by atoms with E-state index in [1.54, 1.807) is 0 Å². The molecule has 0 amide bonds. The second-order valence-electron chi connectivity index (χ2n) is 5.06. The van der Waals surface area contributed by atoms with E-state index in [-0.39, 0.29) is 18.5 Å². The van der Waals surface area contributed by atoms with Crippen molar-refractivity contribution in [2.24, 2.45) is 5.73 Å². The summed E-state index contributed by atoms with van der Waals surface area (Å²) in [5, 5.41) is 16.8. The first kappa shape index (κ1) is 15.4. The maximum atomic E-state index is 9.02. The molecular formula is C14H24N4O. The van der Waals surface area contributed by atoms with Crippen molar-refractivity contribution in [3.63, 3.8) is 0 Å². The topological polar surface area (TPSA) is 86.2 Å². The van der Waals surface area contributed by atoms with Crippen LogP contribution in [0, 0.1) is 19.3 Å². The van der Waals surface area contributed by atoms with Crippen LogP contribution in [-0.4, -0.2) is 35.1 Å². The minimum absolute atomic E-state index is 0.0367. The minimum atomic E-state index is 0.0367. The number of pyridine rings is 1. The molecule has 5 heteroatoms. The van der Waals surface area contributed by atoms with Gasteiger partial charge in [-0.2, -0.15) is 0 Å². The van der Waals surface area contributed by atoms with E-state index in [9.17, 15) is 0 Å². The number of nitrogens with zero attached hydrogens (tertiary/aromatic N) is 2. The van der Waals surface area contributed by atoms with E-state index in [0.29, 0.717) is 18.5 Å². The average Bonchev–Trinajstić information content (AvgIpc) is 2.27. The molecule has 0 bridgehead atoms. The zero-order chi connectivity index (χ0) is 14.6. The van der Waals surface area contributed by atoms with Crippen LogP contribution in [0.25, 0.3) is 0 Å². The largest absolute Gasteiger partial charge is 0.396 e. The molecule has 0 aromatic carbocycles. The number of hydrogen-bond donors (Lipinski definition) is 3.